The average molecular weight is 521 g/mol. The number of carboxylic acids is 1. The van der Waals surface area contributed by atoms with E-state index in [0.717, 1.165) is 44.3 Å². The van der Waals surface area contributed by atoms with Crippen molar-refractivity contribution in [1.82, 2.24) is 15.3 Å². The highest BCUT2D eigenvalue weighted by Gasteiger charge is 2.28. The number of benzene rings is 1. The van der Waals surface area contributed by atoms with Gasteiger partial charge in [-0.25, -0.2) is 9.97 Å². The lowest BCUT2D eigenvalue weighted by atomic mass is 9.79. The predicted octanol–water partition coefficient (Wildman–Crippen LogP) is 2.21. The highest BCUT2D eigenvalue weighted by atomic mass is 16.4. The second-order valence-corrected chi connectivity index (χ2v) is 9.97. The third-order valence-electron chi connectivity index (χ3n) is 7.44. The largest absolute Gasteiger partial charge is 0.507 e. The Balaban J connectivity index is 1.37. The second kappa shape index (κ2) is 11.8. The third kappa shape index (κ3) is 6.34. The first-order chi connectivity index (χ1) is 18.2. The number of carbonyl (C=O) groups is 1. The maximum absolute atomic E-state index is 11.2. The molecule has 1 saturated carbocycles. The van der Waals surface area contributed by atoms with Gasteiger partial charge in [-0.1, -0.05) is 12.1 Å². The van der Waals surface area contributed by atoms with Gasteiger partial charge in [-0.3, -0.25) is 10.2 Å². The number of hydrogen-bond acceptors (Lipinski definition) is 9. The van der Waals surface area contributed by atoms with Crippen molar-refractivity contribution >= 4 is 23.5 Å². The molecule has 1 saturated heterocycles. The number of carboxylic acid groups (broad SMARTS) is 1. The van der Waals surface area contributed by atoms with Crippen molar-refractivity contribution in [3.8, 4) is 5.75 Å². The van der Waals surface area contributed by atoms with Crippen LogP contribution in [-0.2, 0) is 4.79 Å². The normalized spacial score (nSPS) is 21.5. The van der Waals surface area contributed by atoms with Crippen LogP contribution in [0.4, 0.5) is 5.95 Å². The molecule has 11 nitrogen and oxygen atoms in total. The monoisotopic (exact) mass is 520 g/mol. The molecule has 0 amide bonds. The van der Waals surface area contributed by atoms with Crippen molar-refractivity contribution < 1.29 is 15.0 Å². The zero-order valence-corrected chi connectivity index (χ0v) is 21.3. The number of allylic oxidation sites excluding steroid dienone is 1. The lowest BCUT2D eigenvalue weighted by molar-refractivity contribution is -0.142. The van der Waals surface area contributed by atoms with Gasteiger partial charge in [0.05, 0.1) is 17.3 Å². The molecular weight excluding hydrogens is 484 g/mol. The quantitative estimate of drug-likeness (QED) is 0.154. The first-order valence-electron chi connectivity index (χ1n) is 12.9. The summed E-state index contributed by atoms with van der Waals surface area (Å²) in [7, 11) is 0. The number of aromatic hydroxyl groups is 1. The van der Waals surface area contributed by atoms with Crippen LogP contribution in [0.25, 0.3) is 5.70 Å². The number of piperidine rings is 1. The minimum absolute atomic E-state index is 0.0502. The van der Waals surface area contributed by atoms with Crippen LogP contribution in [0.3, 0.4) is 0 Å². The van der Waals surface area contributed by atoms with Gasteiger partial charge < -0.3 is 37.6 Å². The van der Waals surface area contributed by atoms with Crippen LogP contribution < -0.4 is 27.4 Å². The van der Waals surface area contributed by atoms with E-state index in [1.807, 2.05) is 12.4 Å². The van der Waals surface area contributed by atoms with Crippen LogP contribution in [0.15, 0.2) is 54.1 Å². The van der Waals surface area contributed by atoms with E-state index >= 15 is 0 Å². The molecule has 10 N–H and O–H groups in total. The fourth-order valence-electron chi connectivity index (χ4n) is 5.12. The Labute approximate surface area is 222 Å². The minimum Gasteiger partial charge on any atom is -0.507 e. The van der Waals surface area contributed by atoms with E-state index in [1.54, 1.807) is 30.3 Å². The molecule has 1 aliphatic carbocycles. The summed E-state index contributed by atoms with van der Waals surface area (Å²) in [5.41, 5.74) is 20.4. The third-order valence-corrected chi connectivity index (χ3v) is 7.44. The molecule has 202 valence electrons. The Morgan fingerprint density at radius 3 is 2.24 bits per heavy atom. The van der Waals surface area contributed by atoms with Gasteiger partial charge in [0.1, 0.15) is 11.6 Å². The number of nitrogens with one attached hydrogen (secondary N) is 2. The highest BCUT2D eigenvalue weighted by Crippen LogP contribution is 2.35. The molecule has 4 rings (SSSR count). The van der Waals surface area contributed by atoms with E-state index in [-0.39, 0.29) is 29.2 Å². The number of amidine groups is 1. The summed E-state index contributed by atoms with van der Waals surface area (Å²) < 4.78 is 0. The first kappa shape index (κ1) is 26.8. The van der Waals surface area contributed by atoms with E-state index in [1.165, 1.54) is 0 Å². The van der Waals surface area contributed by atoms with Crippen molar-refractivity contribution in [3.63, 3.8) is 0 Å². The molecule has 11 heteroatoms. The maximum atomic E-state index is 11.2. The lowest BCUT2D eigenvalue weighted by Crippen LogP contribution is -2.43. The van der Waals surface area contributed by atoms with Crippen LogP contribution in [0.5, 0.6) is 5.75 Å². The molecule has 2 fully saturated rings. The second-order valence-electron chi connectivity index (χ2n) is 9.97. The molecule has 0 atom stereocenters. The van der Waals surface area contributed by atoms with Gasteiger partial charge >= 0.3 is 5.97 Å². The molecule has 0 unspecified atom stereocenters. The Bertz CT molecular complexity index is 1210. The zero-order valence-electron chi connectivity index (χ0n) is 21.3. The number of nitrogens with zero attached hydrogens (tertiary/aromatic N) is 3. The van der Waals surface area contributed by atoms with Gasteiger partial charge in [-0.05, 0) is 68.2 Å². The number of para-hydroxylation sites is 1. The van der Waals surface area contributed by atoms with Gasteiger partial charge in [0.25, 0.3) is 0 Å². The number of phenolic OH excluding ortho intramolecular Hbond substituents is 1. The Morgan fingerprint density at radius 2 is 1.66 bits per heavy atom. The number of phenols is 1. The van der Waals surface area contributed by atoms with Crippen molar-refractivity contribution in [2.75, 3.05) is 18.0 Å². The summed E-state index contributed by atoms with van der Waals surface area (Å²) in [4.78, 5) is 22.5. The van der Waals surface area contributed by atoms with Crippen LogP contribution in [0.1, 0.15) is 55.6 Å². The van der Waals surface area contributed by atoms with Crippen molar-refractivity contribution in [2.24, 2.45) is 23.1 Å². The molecule has 1 aromatic heterocycles. The van der Waals surface area contributed by atoms with Gasteiger partial charge in [0.15, 0.2) is 0 Å². The van der Waals surface area contributed by atoms with E-state index in [4.69, 9.17) is 22.6 Å². The maximum Gasteiger partial charge on any atom is 0.306 e. The van der Waals surface area contributed by atoms with Crippen molar-refractivity contribution in [2.45, 2.75) is 50.5 Å². The van der Waals surface area contributed by atoms with Gasteiger partial charge in [0.2, 0.25) is 5.95 Å². The molecule has 2 aromatic rings. The SMILES string of the molecule is N=C(N)/C(N)=C(/C=C(\N)c1ccccc1O)NC1CCN(c2ncc(C3CCC(C(=O)O)CC3)cn2)CC1. The number of hydrogen-bond donors (Lipinski definition) is 7. The highest BCUT2D eigenvalue weighted by molar-refractivity contribution is 5.95. The van der Waals surface area contributed by atoms with Crippen LogP contribution in [-0.4, -0.2) is 51.1 Å². The zero-order chi connectivity index (χ0) is 27.2. The summed E-state index contributed by atoms with van der Waals surface area (Å²) in [6, 6.07) is 6.80. The van der Waals surface area contributed by atoms with E-state index in [2.05, 4.69) is 20.2 Å². The molecule has 1 aliphatic heterocycles. The molecule has 0 spiro atoms. The van der Waals surface area contributed by atoms with E-state index in [0.29, 0.717) is 41.7 Å². The lowest BCUT2D eigenvalue weighted by Gasteiger charge is -2.33. The van der Waals surface area contributed by atoms with Gasteiger partial charge in [0, 0.05) is 42.8 Å². The summed E-state index contributed by atoms with van der Waals surface area (Å²) in [6.07, 6.45) is 9.99. The van der Waals surface area contributed by atoms with Gasteiger partial charge in [-0.2, -0.15) is 0 Å². The number of rotatable bonds is 8. The van der Waals surface area contributed by atoms with Crippen LogP contribution >= 0.6 is 0 Å². The van der Waals surface area contributed by atoms with Crippen LogP contribution in [0, 0.1) is 11.3 Å². The Hall–Kier alpha value is -4.28. The summed E-state index contributed by atoms with van der Waals surface area (Å²) >= 11 is 0. The predicted molar refractivity (Wildman–Crippen MR) is 146 cm³/mol. The Morgan fingerprint density at radius 1 is 1.03 bits per heavy atom. The van der Waals surface area contributed by atoms with E-state index < -0.39 is 5.97 Å². The fraction of sp³-hybridized carbons (Fsp3) is 0.407. The van der Waals surface area contributed by atoms with Crippen molar-refractivity contribution in [1.29, 1.82) is 5.41 Å². The molecule has 0 radical (unpaired) electrons. The molecule has 2 aliphatic rings. The topological polar surface area (TPSA) is 200 Å². The Kier molecular flexibility index (Phi) is 8.35. The molecular formula is C27H36N8O3. The number of anilines is 1. The number of nitrogens with two attached hydrogens (primary N) is 3. The molecule has 0 bridgehead atoms. The van der Waals surface area contributed by atoms with Crippen LogP contribution in [0.2, 0.25) is 0 Å². The molecule has 38 heavy (non-hydrogen) atoms. The van der Waals surface area contributed by atoms with Gasteiger partial charge in [-0.15, -0.1) is 0 Å². The molecule has 2 heterocycles. The first-order valence-corrected chi connectivity index (χ1v) is 12.9. The number of aromatic nitrogens is 2. The summed E-state index contributed by atoms with van der Waals surface area (Å²) in [5.74, 6) is -0.168. The standard InChI is InChI=1S/C27H36N8O3/c28-21(20-3-1-2-4-23(20)36)13-22(24(29)25(30)31)34-19-9-11-35(12-10-19)27-32-14-18(15-33-27)16-5-7-17(8-6-16)26(37)38/h1-4,13-17,19,34,36H,5-12,28-29H2,(H3,30,31)(H,37,38)/b21-13-,24-22+. The minimum atomic E-state index is -0.700. The summed E-state index contributed by atoms with van der Waals surface area (Å²) in [6.45, 7) is 1.46. The van der Waals surface area contributed by atoms with Crippen molar-refractivity contribution in [3.05, 3.63) is 65.3 Å². The average Bonchev–Trinajstić information content (AvgIpc) is 2.93. The smallest absolute Gasteiger partial charge is 0.306 e. The fourth-order valence-corrected chi connectivity index (χ4v) is 5.12. The molecule has 1 aromatic carbocycles. The number of aliphatic carboxylic acids is 1. The summed E-state index contributed by atoms with van der Waals surface area (Å²) in [5, 5.41) is 30.5. The van der Waals surface area contributed by atoms with E-state index in [9.17, 15) is 15.0 Å².